The standard InChI is InChI=1S/C23H26ClN5O5S2/c24-20-8-7-17(35-20)9-13-36(33,34)27-18-5-2-11-28(23(18)32)15-21(30)29-12-3-6-19(29)22(31)26-16-4-1-10-25-14-16/h1,4,7-10,13-14,18-19,27H,2-3,5-6,11-12,15H2,(H,26,31)/t18-,19+/m0/s1. The first-order valence-electron chi connectivity index (χ1n) is 11.5. The number of halogens is 1. The second-order valence-corrected chi connectivity index (χ2v) is 11.9. The molecule has 192 valence electrons. The van der Waals surface area contributed by atoms with Gasteiger partial charge in [-0.1, -0.05) is 11.6 Å². The zero-order chi connectivity index (χ0) is 25.7. The first-order valence-corrected chi connectivity index (χ1v) is 14.2. The minimum atomic E-state index is -3.89. The molecule has 2 atom stereocenters. The Balaban J connectivity index is 1.35. The van der Waals surface area contributed by atoms with E-state index in [1.807, 2.05) is 0 Å². The fourth-order valence-electron chi connectivity index (χ4n) is 4.27. The van der Waals surface area contributed by atoms with Crippen molar-refractivity contribution in [2.75, 3.05) is 25.0 Å². The third-order valence-corrected chi connectivity index (χ3v) is 8.28. The van der Waals surface area contributed by atoms with Gasteiger partial charge in [0.25, 0.3) is 0 Å². The molecule has 36 heavy (non-hydrogen) atoms. The van der Waals surface area contributed by atoms with E-state index < -0.39 is 28.0 Å². The van der Waals surface area contributed by atoms with Crippen molar-refractivity contribution in [1.82, 2.24) is 19.5 Å². The largest absolute Gasteiger partial charge is 0.332 e. The maximum Gasteiger partial charge on any atom is 0.247 e. The first kappa shape index (κ1) is 26.3. The Hall–Kier alpha value is -2.80. The third-order valence-electron chi connectivity index (χ3n) is 5.97. The molecule has 2 aliphatic rings. The van der Waals surface area contributed by atoms with Crippen LogP contribution in [0.3, 0.4) is 0 Å². The molecule has 2 aromatic heterocycles. The molecule has 0 unspecified atom stereocenters. The van der Waals surface area contributed by atoms with Crippen LogP contribution in [0.25, 0.3) is 6.08 Å². The van der Waals surface area contributed by atoms with Gasteiger partial charge in [-0.2, -0.15) is 4.72 Å². The van der Waals surface area contributed by atoms with Crippen LogP contribution in [0.2, 0.25) is 4.34 Å². The second kappa shape index (κ2) is 11.5. The number of pyridine rings is 1. The van der Waals surface area contributed by atoms with Crippen LogP contribution in [-0.2, 0) is 24.4 Å². The molecular weight excluding hydrogens is 526 g/mol. The van der Waals surface area contributed by atoms with Gasteiger partial charge >= 0.3 is 0 Å². The van der Waals surface area contributed by atoms with E-state index in [-0.39, 0.29) is 18.4 Å². The minimum absolute atomic E-state index is 0.211. The minimum Gasteiger partial charge on any atom is -0.332 e. The van der Waals surface area contributed by atoms with Crippen LogP contribution in [0.4, 0.5) is 5.69 Å². The summed E-state index contributed by atoms with van der Waals surface area (Å²) >= 11 is 7.10. The number of thiophene rings is 1. The molecule has 0 spiro atoms. The number of aromatic nitrogens is 1. The van der Waals surface area contributed by atoms with E-state index >= 15 is 0 Å². The van der Waals surface area contributed by atoms with Crippen LogP contribution in [0.5, 0.6) is 0 Å². The number of carbonyl (C=O) groups is 3. The van der Waals surface area contributed by atoms with Gasteiger partial charge in [-0.05, 0) is 56.0 Å². The summed E-state index contributed by atoms with van der Waals surface area (Å²) in [6, 6.07) is 5.18. The number of likely N-dealkylation sites (tertiary alicyclic amines) is 2. The summed E-state index contributed by atoms with van der Waals surface area (Å²) in [4.78, 5) is 46.3. The number of amides is 3. The van der Waals surface area contributed by atoms with Gasteiger partial charge in [-0.25, -0.2) is 8.42 Å². The van der Waals surface area contributed by atoms with Crippen molar-refractivity contribution in [3.05, 3.63) is 51.3 Å². The molecule has 10 nitrogen and oxygen atoms in total. The Morgan fingerprint density at radius 2 is 2.00 bits per heavy atom. The molecule has 2 N–H and O–H groups in total. The van der Waals surface area contributed by atoms with E-state index in [1.165, 1.54) is 33.4 Å². The number of nitrogens with one attached hydrogen (secondary N) is 2. The summed E-state index contributed by atoms with van der Waals surface area (Å²) in [6.45, 7) is 0.545. The highest BCUT2D eigenvalue weighted by molar-refractivity contribution is 7.92. The highest BCUT2D eigenvalue weighted by Crippen LogP contribution is 2.23. The lowest BCUT2D eigenvalue weighted by Crippen LogP contribution is -2.55. The molecular formula is C23H26ClN5O5S2. The van der Waals surface area contributed by atoms with Gasteiger partial charge in [-0.3, -0.25) is 19.4 Å². The maximum absolute atomic E-state index is 13.1. The fraction of sp³-hybridized carbons (Fsp3) is 0.391. The number of hydrogen-bond acceptors (Lipinski definition) is 7. The molecule has 0 aromatic carbocycles. The van der Waals surface area contributed by atoms with Crippen LogP contribution in [0, 0.1) is 0 Å². The van der Waals surface area contributed by atoms with Gasteiger partial charge in [0, 0.05) is 29.6 Å². The zero-order valence-electron chi connectivity index (χ0n) is 19.3. The number of rotatable bonds is 8. The summed E-state index contributed by atoms with van der Waals surface area (Å²) < 4.78 is 28.0. The molecule has 3 amide bonds. The highest BCUT2D eigenvalue weighted by atomic mass is 35.5. The molecule has 0 bridgehead atoms. The Bertz CT molecular complexity index is 1250. The van der Waals surface area contributed by atoms with Crippen LogP contribution in [0.1, 0.15) is 30.6 Å². The van der Waals surface area contributed by atoms with Gasteiger partial charge in [-0.15, -0.1) is 11.3 Å². The normalized spacial score (nSPS) is 20.8. The van der Waals surface area contributed by atoms with Crippen LogP contribution in [-0.4, -0.2) is 72.6 Å². The number of piperidine rings is 1. The Kier molecular flexibility index (Phi) is 8.39. The molecule has 13 heteroatoms. The second-order valence-electron chi connectivity index (χ2n) is 8.54. The van der Waals surface area contributed by atoms with Gasteiger partial charge in [0.1, 0.15) is 12.1 Å². The van der Waals surface area contributed by atoms with E-state index in [2.05, 4.69) is 15.0 Å². The van der Waals surface area contributed by atoms with Crippen molar-refractivity contribution >= 4 is 62.4 Å². The van der Waals surface area contributed by atoms with E-state index in [0.717, 1.165) is 5.41 Å². The molecule has 0 aliphatic carbocycles. The highest BCUT2D eigenvalue weighted by Gasteiger charge is 2.37. The average molecular weight is 552 g/mol. The number of sulfonamides is 1. The summed E-state index contributed by atoms with van der Waals surface area (Å²) in [5.74, 6) is -1.10. The summed E-state index contributed by atoms with van der Waals surface area (Å²) in [5, 5.41) is 3.78. The average Bonchev–Trinajstić information content (AvgIpc) is 3.50. The zero-order valence-corrected chi connectivity index (χ0v) is 21.7. The van der Waals surface area contributed by atoms with Gasteiger partial charge < -0.3 is 15.1 Å². The van der Waals surface area contributed by atoms with Gasteiger partial charge in [0.15, 0.2) is 0 Å². The predicted molar refractivity (Wildman–Crippen MR) is 138 cm³/mol. The lowest BCUT2D eigenvalue weighted by atomic mass is 10.1. The lowest BCUT2D eigenvalue weighted by molar-refractivity contribution is -0.144. The molecule has 2 aliphatic heterocycles. The molecule has 2 aromatic rings. The summed E-state index contributed by atoms with van der Waals surface area (Å²) in [5.41, 5.74) is 0.541. The Morgan fingerprint density at radius 1 is 1.19 bits per heavy atom. The quantitative estimate of drug-likeness (QED) is 0.518. The molecule has 2 fully saturated rings. The lowest BCUT2D eigenvalue weighted by Gasteiger charge is -2.33. The smallest absolute Gasteiger partial charge is 0.247 e. The van der Waals surface area contributed by atoms with Crippen LogP contribution >= 0.6 is 22.9 Å². The molecule has 0 radical (unpaired) electrons. The monoisotopic (exact) mass is 551 g/mol. The number of nitrogens with zero attached hydrogens (tertiary/aromatic N) is 3. The maximum atomic E-state index is 13.1. The number of carbonyl (C=O) groups excluding carboxylic acids is 3. The predicted octanol–water partition coefficient (Wildman–Crippen LogP) is 2.31. The molecule has 4 rings (SSSR count). The topological polar surface area (TPSA) is 129 Å². The Morgan fingerprint density at radius 3 is 2.72 bits per heavy atom. The van der Waals surface area contributed by atoms with Crippen molar-refractivity contribution in [3.63, 3.8) is 0 Å². The van der Waals surface area contributed by atoms with Crippen LogP contribution in [0.15, 0.2) is 42.1 Å². The third kappa shape index (κ3) is 6.69. The van der Waals surface area contributed by atoms with Gasteiger partial charge in [0.2, 0.25) is 27.7 Å². The number of anilines is 1. The molecule has 4 heterocycles. The SMILES string of the molecule is O=C(Nc1cccnc1)[C@H]1CCCN1C(=O)CN1CCC[C@H](NS(=O)(=O)C=Cc2ccc(Cl)s2)C1=O. The fourth-order valence-corrected chi connectivity index (χ4v) is 6.34. The van der Waals surface area contributed by atoms with E-state index in [1.54, 1.807) is 30.5 Å². The van der Waals surface area contributed by atoms with E-state index in [9.17, 15) is 22.8 Å². The van der Waals surface area contributed by atoms with Crippen molar-refractivity contribution in [1.29, 1.82) is 0 Å². The van der Waals surface area contributed by atoms with Crippen LogP contribution < -0.4 is 10.0 Å². The number of hydrogen-bond donors (Lipinski definition) is 2. The van der Waals surface area contributed by atoms with E-state index in [4.69, 9.17) is 11.6 Å². The first-order chi connectivity index (χ1) is 17.2. The molecule has 0 saturated carbocycles. The molecule has 2 saturated heterocycles. The summed E-state index contributed by atoms with van der Waals surface area (Å²) in [7, 11) is -3.89. The van der Waals surface area contributed by atoms with Gasteiger partial charge in [0.05, 0.1) is 22.8 Å². The van der Waals surface area contributed by atoms with E-state index in [0.29, 0.717) is 53.7 Å². The van der Waals surface area contributed by atoms with Crippen molar-refractivity contribution in [3.8, 4) is 0 Å². The van der Waals surface area contributed by atoms with Crippen molar-refractivity contribution < 1.29 is 22.8 Å². The van der Waals surface area contributed by atoms with Crippen molar-refractivity contribution in [2.45, 2.75) is 37.8 Å². The summed E-state index contributed by atoms with van der Waals surface area (Å²) in [6.07, 6.45) is 6.61. The Labute approximate surface area is 218 Å². The van der Waals surface area contributed by atoms with Crippen molar-refractivity contribution in [2.24, 2.45) is 0 Å².